The second-order valence-electron chi connectivity index (χ2n) is 7.15. The number of fused-ring (bicyclic) bond motifs is 1. The highest BCUT2D eigenvalue weighted by Crippen LogP contribution is 2.40. The van der Waals surface area contributed by atoms with Gasteiger partial charge in [0.1, 0.15) is 11.3 Å². The van der Waals surface area contributed by atoms with Crippen molar-refractivity contribution in [1.29, 1.82) is 0 Å². The molecule has 6 heteroatoms. The molecule has 0 aliphatic heterocycles. The maximum atomic E-state index is 13.0. The fourth-order valence-electron chi connectivity index (χ4n) is 3.95. The number of rotatable bonds is 4. The zero-order valence-electron chi connectivity index (χ0n) is 15.1. The zero-order chi connectivity index (χ0) is 18.9. The maximum absolute atomic E-state index is 13.0. The number of hydrogen-bond donors (Lipinski definition) is 0. The van der Waals surface area contributed by atoms with Crippen molar-refractivity contribution in [2.75, 3.05) is 7.05 Å². The molecule has 0 saturated heterocycles. The molecule has 142 valence electrons. The molecule has 1 aromatic carbocycles. The Hall–Kier alpha value is -1.98. The summed E-state index contributed by atoms with van der Waals surface area (Å²) in [5, 5.41) is 0.959. The summed E-state index contributed by atoms with van der Waals surface area (Å²) in [6, 6.07) is 7.64. The van der Waals surface area contributed by atoms with Crippen LogP contribution in [0.5, 0.6) is 0 Å². The van der Waals surface area contributed by atoms with E-state index in [2.05, 4.69) is 0 Å². The molecule has 0 radical (unpaired) electrons. The Kier molecular flexibility index (Phi) is 5.30. The Morgan fingerprint density at radius 2 is 2.00 bits per heavy atom. The third-order valence-electron chi connectivity index (χ3n) is 5.36. The van der Waals surface area contributed by atoms with E-state index >= 15 is 0 Å². The lowest BCUT2D eigenvalue weighted by molar-refractivity contribution is -0.187. The summed E-state index contributed by atoms with van der Waals surface area (Å²) in [5.74, 6) is -1.29. The van der Waals surface area contributed by atoms with Crippen LogP contribution in [0.4, 0.5) is 13.2 Å². The number of halogens is 3. The van der Waals surface area contributed by atoms with Crippen LogP contribution in [0.15, 0.2) is 28.7 Å². The number of hydrogen-bond acceptors (Lipinski definition) is 2. The molecule has 1 saturated carbocycles. The van der Waals surface area contributed by atoms with Gasteiger partial charge in [0.15, 0.2) is 0 Å². The number of alkyl halides is 3. The van der Waals surface area contributed by atoms with Crippen molar-refractivity contribution in [2.45, 2.75) is 51.7 Å². The second kappa shape index (κ2) is 7.33. The van der Waals surface area contributed by atoms with E-state index in [1.807, 2.05) is 31.2 Å². The molecule has 26 heavy (non-hydrogen) atoms. The number of carbonyl (C=O) groups is 1. The first-order valence-corrected chi connectivity index (χ1v) is 9.12. The van der Waals surface area contributed by atoms with Crippen molar-refractivity contribution in [3.8, 4) is 0 Å². The molecule has 2 aromatic rings. The monoisotopic (exact) mass is 367 g/mol. The van der Waals surface area contributed by atoms with E-state index in [0.717, 1.165) is 22.3 Å². The van der Waals surface area contributed by atoms with E-state index in [-0.39, 0.29) is 18.7 Å². The van der Waals surface area contributed by atoms with Gasteiger partial charge in [-0.3, -0.25) is 4.79 Å². The molecule has 3 rings (SSSR count). The van der Waals surface area contributed by atoms with Gasteiger partial charge in [0.25, 0.3) is 0 Å². The van der Waals surface area contributed by atoms with Gasteiger partial charge in [0.2, 0.25) is 5.91 Å². The van der Waals surface area contributed by atoms with Gasteiger partial charge in [-0.1, -0.05) is 31.5 Å². The molecule has 1 fully saturated rings. The second-order valence-corrected chi connectivity index (χ2v) is 7.15. The van der Waals surface area contributed by atoms with Crippen molar-refractivity contribution < 1.29 is 22.4 Å². The number of furan rings is 1. The molecule has 2 unspecified atom stereocenters. The molecule has 1 aromatic heterocycles. The van der Waals surface area contributed by atoms with E-state index in [1.165, 1.54) is 0 Å². The van der Waals surface area contributed by atoms with Crippen molar-refractivity contribution in [3.63, 3.8) is 0 Å². The number of carbonyl (C=O) groups excluding carboxylic acids is 1. The molecule has 1 aliphatic rings. The van der Waals surface area contributed by atoms with Gasteiger partial charge < -0.3 is 9.32 Å². The lowest BCUT2D eigenvalue weighted by Gasteiger charge is -2.32. The van der Waals surface area contributed by atoms with E-state index in [1.54, 1.807) is 11.9 Å². The quantitative estimate of drug-likeness (QED) is 0.733. The highest BCUT2D eigenvalue weighted by atomic mass is 19.4. The highest BCUT2D eigenvalue weighted by molar-refractivity contribution is 5.84. The highest BCUT2D eigenvalue weighted by Gasteiger charge is 2.44. The van der Waals surface area contributed by atoms with Crippen LogP contribution in [0.3, 0.4) is 0 Å². The maximum Gasteiger partial charge on any atom is 0.391 e. The Morgan fingerprint density at radius 3 is 2.69 bits per heavy atom. The van der Waals surface area contributed by atoms with Crippen molar-refractivity contribution in [3.05, 3.63) is 35.6 Å². The third-order valence-corrected chi connectivity index (χ3v) is 5.36. The molecular weight excluding hydrogens is 343 g/mol. The number of amides is 1. The summed E-state index contributed by atoms with van der Waals surface area (Å²) < 4.78 is 44.9. The number of aryl methyl sites for hydroxylation is 1. The average Bonchev–Trinajstić information content (AvgIpc) is 2.98. The van der Waals surface area contributed by atoms with Gasteiger partial charge in [0, 0.05) is 36.9 Å². The molecule has 0 bridgehead atoms. The number of benzene rings is 1. The summed E-state index contributed by atoms with van der Waals surface area (Å²) in [5.41, 5.74) is 1.72. The minimum Gasteiger partial charge on any atom is -0.461 e. The van der Waals surface area contributed by atoms with Crippen LogP contribution in [0, 0.1) is 11.8 Å². The summed E-state index contributed by atoms with van der Waals surface area (Å²) in [7, 11) is 1.67. The van der Waals surface area contributed by atoms with Crippen molar-refractivity contribution in [2.24, 2.45) is 11.8 Å². The summed E-state index contributed by atoms with van der Waals surface area (Å²) in [4.78, 5) is 14.3. The van der Waals surface area contributed by atoms with Gasteiger partial charge in [-0.2, -0.15) is 13.2 Å². The van der Waals surface area contributed by atoms with Crippen LogP contribution in [-0.4, -0.2) is 24.0 Å². The van der Waals surface area contributed by atoms with Crippen LogP contribution in [0.2, 0.25) is 0 Å². The number of nitrogens with zero attached hydrogens (tertiary/aromatic N) is 1. The number of para-hydroxylation sites is 1. The zero-order valence-corrected chi connectivity index (χ0v) is 15.1. The largest absolute Gasteiger partial charge is 0.461 e. The van der Waals surface area contributed by atoms with Gasteiger partial charge in [-0.05, 0) is 25.3 Å². The molecule has 3 nitrogen and oxygen atoms in total. The van der Waals surface area contributed by atoms with E-state index in [4.69, 9.17) is 4.42 Å². The fraction of sp³-hybridized carbons (Fsp3) is 0.550. The predicted octanol–water partition coefficient (Wildman–Crippen LogP) is 5.32. The normalized spacial score (nSPS) is 21.1. The Balaban J connectivity index is 1.76. The minimum absolute atomic E-state index is 0.0978. The predicted molar refractivity (Wildman–Crippen MR) is 93.6 cm³/mol. The van der Waals surface area contributed by atoms with E-state index < -0.39 is 18.0 Å². The lowest BCUT2D eigenvalue weighted by atomic mass is 9.80. The first-order chi connectivity index (χ1) is 12.3. The van der Waals surface area contributed by atoms with Gasteiger partial charge in [-0.15, -0.1) is 0 Å². The third kappa shape index (κ3) is 3.74. The van der Waals surface area contributed by atoms with E-state index in [9.17, 15) is 18.0 Å². The van der Waals surface area contributed by atoms with Crippen molar-refractivity contribution >= 4 is 16.9 Å². The van der Waals surface area contributed by atoms with Crippen LogP contribution in [0.25, 0.3) is 11.0 Å². The van der Waals surface area contributed by atoms with Crippen LogP contribution in [-0.2, 0) is 17.8 Å². The van der Waals surface area contributed by atoms with Crippen LogP contribution in [0.1, 0.15) is 43.9 Å². The first kappa shape index (κ1) is 18.8. The Labute approximate surface area is 151 Å². The summed E-state index contributed by atoms with van der Waals surface area (Å²) >= 11 is 0. The van der Waals surface area contributed by atoms with Gasteiger partial charge in [-0.25, -0.2) is 0 Å². The molecular formula is C20H24F3NO2. The molecule has 1 aliphatic carbocycles. The molecule has 0 N–H and O–H groups in total. The van der Waals surface area contributed by atoms with E-state index in [0.29, 0.717) is 25.8 Å². The fourth-order valence-corrected chi connectivity index (χ4v) is 3.95. The topological polar surface area (TPSA) is 33.5 Å². The Bertz CT molecular complexity index is 781. The smallest absolute Gasteiger partial charge is 0.391 e. The molecule has 1 amide bonds. The lowest BCUT2D eigenvalue weighted by Crippen LogP contribution is -2.38. The molecule has 2 atom stereocenters. The van der Waals surface area contributed by atoms with Crippen LogP contribution >= 0.6 is 0 Å². The molecule has 1 heterocycles. The summed E-state index contributed by atoms with van der Waals surface area (Å²) in [6.45, 7) is 2.34. The molecule has 0 spiro atoms. The first-order valence-electron chi connectivity index (χ1n) is 9.12. The minimum atomic E-state index is -4.21. The van der Waals surface area contributed by atoms with Gasteiger partial charge >= 0.3 is 6.18 Å². The standard InChI is InChI=1S/C20H24F3NO2/c1-3-17-16(15-9-4-5-10-18(15)26-17)12-24(2)19(25)13-7-6-8-14(11-13)20(21,22)23/h4-5,9-10,13-14H,3,6-8,11-12H2,1-2H3. The average molecular weight is 367 g/mol. The van der Waals surface area contributed by atoms with Gasteiger partial charge in [0.05, 0.1) is 5.92 Å². The Morgan fingerprint density at radius 1 is 1.27 bits per heavy atom. The van der Waals surface area contributed by atoms with Crippen molar-refractivity contribution in [1.82, 2.24) is 4.90 Å². The van der Waals surface area contributed by atoms with Crippen LogP contribution < -0.4 is 0 Å². The summed E-state index contributed by atoms with van der Waals surface area (Å²) in [6.07, 6.45) is -2.51. The SMILES string of the molecule is CCc1oc2ccccc2c1CN(C)C(=O)C1CCCC(C(F)(F)F)C1.